The lowest BCUT2D eigenvalue weighted by Crippen LogP contribution is -2.49. The maximum absolute atomic E-state index is 12.9. The number of para-hydroxylation sites is 1. The van der Waals surface area contributed by atoms with Crippen LogP contribution in [0.2, 0.25) is 5.02 Å². The zero-order chi connectivity index (χ0) is 22.4. The van der Waals surface area contributed by atoms with Gasteiger partial charge in [0.2, 0.25) is 5.91 Å². The van der Waals surface area contributed by atoms with Gasteiger partial charge in [0.25, 0.3) is 5.91 Å². The van der Waals surface area contributed by atoms with E-state index in [-0.39, 0.29) is 17.9 Å². The number of hydrogen-bond acceptors (Lipinski definition) is 3. The molecule has 0 aromatic heterocycles. The lowest BCUT2D eigenvalue weighted by Gasteiger charge is -2.34. The molecule has 166 valence electrons. The predicted octanol–water partition coefficient (Wildman–Crippen LogP) is 4.58. The van der Waals surface area contributed by atoms with E-state index in [1.54, 1.807) is 19.1 Å². The van der Waals surface area contributed by atoms with Crippen LogP contribution in [0.15, 0.2) is 48.5 Å². The molecule has 1 heterocycles. The third-order valence-electron chi connectivity index (χ3n) is 5.64. The second kappa shape index (κ2) is 10.7. The van der Waals surface area contributed by atoms with Gasteiger partial charge < -0.3 is 15.0 Å². The second-order valence-corrected chi connectivity index (χ2v) is 8.86. The molecule has 1 saturated heterocycles. The van der Waals surface area contributed by atoms with Crippen molar-refractivity contribution in [2.24, 2.45) is 0 Å². The van der Waals surface area contributed by atoms with Crippen LogP contribution in [0.1, 0.15) is 50.7 Å². The highest BCUT2D eigenvalue weighted by Crippen LogP contribution is 2.27. The van der Waals surface area contributed by atoms with Gasteiger partial charge in [-0.15, -0.1) is 0 Å². The largest absolute Gasteiger partial charge is 0.481 e. The maximum Gasteiger partial charge on any atom is 0.263 e. The Hall–Kier alpha value is -2.53. The van der Waals surface area contributed by atoms with Crippen molar-refractivity contribution >= 4 is 23.4 Å². The molecule has 1 atom stereocenters. The fraction of sp³-hybridized carbons (Fsp3) is 0.440. The van der Waals surface area contributed by atoms with Crippen molar-refractivity contribution in [3.05, 3.63) is 64.7 Å². The second-order valence-electron chi connectivity index (χ2n) is 8.42. The molecule has 1 fully saturated rings. The molecular weight excluding hydrogens is 412 g/mol. The summed E-state index contributed by atoms with van der Waals surface area (Å²) in [5.74, 6) is 1.08. The summed E-state index contributed by atoms with van der Waals surface area (Å²) in [4.78, 5) is 27.1. The van der Waals surface area contributed by atoms with Crippen LogP contribution in [0.4, 0.5) is 0 Å². The molecule has 5 nitrogen and oxygen atoms in total. The van der Waals surface area contributed by atoms with Crippen LogP contribution < -0.4 is 10.1 Å². The van der Waals surface area contributed by atoms with Crippen molar-refractivity contribution in [2.75, 3.05) is 13.1 Å². The van der Waals surface area contributed by atoms with Crippen LogP contribution in [-0.4, -0.2) is 41.9 Å². The van der Waals surface area contributed by atoms with Gasteiger partial charge in [0, 0.05) is 24.2 Å². The van der Waals surface area contributed by atoms with E-state index in [1.165, 1.54) is 0 Å². The predicted molar refractivity (Wildman–Crippen MR) is 124 cm³/mol. The summed E-state index contributed by atoms with van der Waals surface area (Å²) >= 11 is 5.89. The average Bonchev–Trinajstić information content (AvgIpc) is 2.75. The van der Waals surface area contributed by atoms with Crippen LogP contribution in [0, 0.1) is 0 Å². The van der Waals surface area contributed by atoms with Crippen molar-refractivity contribution in [3.63, 3.8) is 0 Å². The third-order valence-corrected chi connectivity index (χ3v) is 5.89. The number of amides is 2. The first-order valence-electron chi connectivity index (χ1n) is 10.9. The van der Waals surface area contributed by atoms with Crippen molar-refractivity contribution < 1.29 is 14.3 Å². The van der Waals surface area contributed by atoms with E-state index in [9.17, 15) is 9.59 Å². The average molecular weight is 443 g/mol. The fourth-order valence-corrected chi connectivity index (χ4v) is 4.00. The van der Waals surface area contributed by atoms with E-state index in [0.717, 1.165) is 29.7 Å². The minimum absolute atomic E-state index is 0.00547. The Bertz CT molecular complexity index is 890. The highest BCUT2D eigenvalue weighted by Gasteiger charge is 2.28. The van der Waals surface area contributed by atoms with Gasteiger partial charge in [-0.3, -0.25) is 9.59 Å². The van der Waals surface area contributed by atoms with Crippen LogP contribution in [0.3, 0.4) is 0 Å². The summed E-state index contributed by atoms with van der Waals surface area (Å²) in [7, 11) is 0. The Morgan fingerprint density at radius 2 is 1.71 bits per heavy atom. The van der Waals surface area contributed by atoms with Gasteiger partial charge in [-0.1, -0.05) is 55.8 Å². The van der Waals surface area contributed by atoms with Gasteiger partial charge >= 0.3 is 0 Å². The molecule has 6 heteroatoms. The van der Waals surface area contributed by atoms with E-state index in [0.29, 0.717) is 30.5 Å². The number of carbonyl (C=O) groups is 2. The molecule has 2 amide bonds. The number of nitrogens with zero attached hydrogens (tertiary/aromatic N) is 1. The Morgan fingerprint density at radius 1 is 1.06 bits per heavy atom. The molecule has 1 aliphatic heterocycles. The lowest BCUT2D eigenvalue weighted by atomic mass is 10.0. The normalized spacial score (nSPS) is 15.6. The van der Waals surface area contributed by atoms with Gasteiger partial charge in [0.15, 0.2) is 6.10 Å². The van der Waals surface area contributed by atoms with Gasteiger partial charge in [0.1, 0.15) is 5.75 Å². The van der Waals surface area contributed by atoms with E-state index < -0.39 is 6.10 Å². The number of rotatable bonds is 7. The third kappa shape index (κ3) is 6.47. The fourth-order valence-electron chi connectivity index (χ4n) is 3.87. The molecule has 0 radical (unpaired) electrons. The van der Waals surface area contributed by atoms with E-state index in [2.05, 4.69) is 19.2 Å². The van der Waals surface area contributed by atoms with Crippen molar-refractivity contribution in [1.82, 2.24) is 10.2 Å². The van der Waals surface area contributed by atoms with E-state index in [4.69, 9.17) is 16.3 Å². The van der Waals surface area contributed by atoms with E-state index >= 15 is 0 Å². The maximum atomic E-state index is 12.9. The van der Waals surface area contributed by atoms with Crippen LogP contribution in [0.5, 0.6) is 5.75 Å². The zero-order valence-electron chi connectivity index (χ0n) is 18.4. The van der Waals surface area contributed by atoms with Gasteiger partial charge in [0.05, 0.1) is 6.42 Å². The molecule has 0 aliphatic carbocycles. The van der Waals surface area contributed by atoms with Crippen molar-refractivity contribution in [3.8, 4) is 5.75 Å². The monoisotopic (exact) mass is 442 g/mol. The van der Waals surface area contributed by atoms with Crippen LogP contribution in [0.25, 0.3) is 0 Å². The number of hydrogen-bond donors (Lipinski definition) is 1. The van der Waals surface area contributed by atoms with Crippen molar-refractivity contribution in [2.45, 2.75) is 58.1 Å². The molecule has 1 aliphatic rings. The molecule has 31 heavy (non-hydrogen) atoms. The van der Waals surface area contributed by atoms with Crippen LogP contribution >= 0.6 is 11.6 Å². The number of halogens is 1. The molecule has 3 rings (SSSR count). The first-order chi connectivity index (χ1) is 14.8. The van der Waals surface area contributed by atoms with Crippen molar-refractivity contribution in [1.29, 1.82) is 0 Å². The number of likely N-dealkylation sites (tertiary alicyclic amines) is 1. The smallest absolute Gasteiger partial charge is 0.263 e. The summed E-state index contributed by atoms with van der Waals surface area (Å²) in [6.07, 6.45) is 1.27. The molecule has 2 aromatic rings. The highest BCUT2D eigenvalue weighted by molar-refractivity contribution is 6.30. The van der Waals surface area contributed by atoms with Gasteiger partial charge in [-0.25, -0.2) is 0 Å². The molecule has 1 N–H and O–H groups in total. The number of ether oxygens (including phenoxy) is 1. The molecule has 0 saturated carbocycles. The lowest BCUT2D eigenvalue weighted by molar-refractivity contribution is -0.139. The Labute approximate surface area is 189 Å². The Balaban J connectivity index is 1.47. The first-order valence-corrected chi connectivity index (χ1v) is 11.3. The minimum atomic E-state index is -0.545. The minimum Gasteiger partial charge on any atom is -0.481 e. The number of carbonyl (C=O) groups excluding carboxylic acids is 2. The molecule has 0 bridgehead atoms. The summed E-state index contributed by atoms with van der Waals surface area (Å²) in [5, 5.41) is 3.75. The Kier molecular flexibility index (Phi) is 7.97. The SMILES string of the molecule is CC(Oc1ccccc1C(C)C)C(=O)N1CCC(NC(=O)Cc2ccc(Cl)cc2)CC1. The molecule has 1 unspecified atom stereocenters. The van der Waals surface area contributed by atoms with Gasteiger partial charge in [-0.05, 0) is 55.0 Å². The summed E-state index contributed by atoms with van der Waals surface area (Å²) in [5.41, 5.74) is 2.03. The molecule has 0 spiro atoms. The summed E-state index contributed by atoms with van der Waals surface area (Å²) < 4.78 is 6.02. The number of benzene rings is 2. The van der Waals surface area contributed by atoms with Gasteiger partial charge in [-0.2, -0.15) is 0 Å². The highest BCUT2D eigenvalue weighted by atomic mass is 35.5. The first kappa shape index (κ1) is 23.1. The topological polar surface area (TPSA) is 58.6 Å². The number of nitrogens with one attached hydrogen (secondary N) is 1. The van der Waals surface area contributed by atoms with E-state index in [1.807, 2.05) is 41.3 Å². The quantitative estimate of drug-likeness (QED) is 0.682. The Morgan fingerprint density at radius 3 is 2.35 bits per heavy atom. The molecular formula is C25H31ClN2O3. The van der Waals surface area contributed by atoms with Crippen LogP contribution in [-0.2, 0) is 16.0 Å². The molecule has 2 aromatic carbocycles. The number of piperidine rings is 1. The summed E-state index contributed by atoms with van der Waals surface area (Å²) in [6.45, 7) is 7.26. The standard InChI is InChI=1S/C25H31ClN2O3/c1-17(2)22-6-4-5-7-23(22)31-18(3)25(30)28-14-12-21(13-15-28)27-24(29)16-19-8-10-20(26)11-9-19/h4-11,17-18,21H,12-16H2,1-3H3,(H,27,29). The zero-order valence-corrected chi connectivity index (χ0v) is 19.2. The summed E-state index contributed by atoms with van der Waals surface area (Å²) in [6, 6.07) is 15.3.